The molecule has 0 bridgehead atoms. The predicted molar refractivity (Wildman–Crippen MR) is 98.4 cm³/mol. The van der Waals surface area contributed by atoms with Crippen LogP contribution in [0.5, 0.6) is 0 Å². The Labute approximate surface area is 149 Å². The minimum atomic E-state index is -0.236. The number of carbonyl (C=O) groups is 1. The molecule has 0 radical (unpaired) electrons. The average Bonchev–Trinajstić information content (AvgIpc) is 3.14. The summed E-state index contributed by atoms with van der Waals surface area (Å²) in [5.74, 6) is 0.738. The quantitative estimate of drug-likeness (QED) is 0.860. The standard InChI is InChI=1S/C20H27N3O2/c21-14-16-13-17(22-20(25)8-5-15-3-1-2-4-15)6-7-19(16)23-11-9-18(24)10-12-23/h6-7,13,15,18,24H,1-5,8-12H2,(H,22,25). The Hall–Kier alpha value is -2.06. The Bertz CT molecular complexity index is 639. The number of anilines is 2. The lowest BCUT2D eigenvalue weighted by Crippen LogP contribution is -2.36. The first-order valence-corrected chi connectivity index (χ1v) is 9.42. The molecule has 1 amide bonds. The number of rotatable bonds is 5. The molecule has 1 aromatic rings. The third-order valence-electron chi connectivity index (χ3n) is 5.46. The molecule has 5 heteroatoms. The maximum absolute atomic E-state index is 12.2. The van der Waals surface area contributed by atoms with E-state index in [0.717, 1.165) is 38.0 Å². The first kappa shape index (κ1) is 17.8. The first-order valence-electron chi connectivity index (χ1n) is 9.42. The summed E-state index contributed by atoms with van der Waals surface area (Å²) in [6.45, 7) is 1.51. The van der Waals surface area contributed by atoms with Crippen LogP contribution in [0.1, 0.15) is 56.9 Å². The lowest BCUT2D eigenvalue weighted by atomic mass is 10.0. The van der Waals surface area contributed by atoms with E-state index in [1.165, 1.54) is 25.7 Å². The van der Waals surface area contributed by atoms with Crippen LogP contribution in [0.2, 0.25) is 0 Å². The zero-order valence-corrected chi connectivity index (χ0v) is 14.7. The van der Waals surface area contributed by atoms with Gasteiger partial charge in [0.15, 0.2) is 0 Å². The van der Waals surface area contributed by atoms with Crippen molar-refractivity contribution in [3.63, 3.8) is 0 Å². The summed E-state index contributed by atoms with van der Waals surface area (Å²) < 4.78 is 0. The van der Waals surface area contributed by atoms with E-state index in [0.29, 0.717) is 23.6 Å². The number of hydrogen-bond donors (Lipinski definition) is 2. The van der Waals surface area contributed by atoms with Gasteiger partial charge in [0.2, 0.25) is 5.91 Å². The van der Waals surface area contributed by atoms with Gasteiger partial charge in [0.1, 0.15) is 6.07 Å². The predicted octanol–water partition coefficient (Wildman–Crippen LogP) is 3.43. The maximum Gasteiger partial charge on any atom is 0.224 e. The van der Waals surface area contributed by atoms with E-state index in [1.54, 1.807) is 6.07 Å². The van der Waals surface area contributed by atoms with Gasteiger partial charge in [0.25, 0.3) is 0 Å². The van der Waals surface area contributed by atoms with E-state index in [-0.39, 0.29) is 12.0 Å². The van der Waals surface area contributed by atoms with Crippen LogP contribution in [0.15, 0.2) is 18.2 Å². The van der Waals surface area contributed by atoms with Gasteiger partial charge in [-0.05, 0) is 43.4 Å². The molecule has 5 nitrogen and oxygen atoms in total. The number of piperidine rings is 1. The van der Waals surface area contributed by atoms with Crippen molar-refractivity contribution in [2.24, 2.45) is 5.92 Å². The minimum absolute atomic E-state index is 0.0321. The van der Waals surface area contributed by atoms with Crippen LogP contribution < -0.4 is 10.2 Å². The highest BCUT2D eigenvalue weighted by atomic mass is 16.3. The fraction of sp³-hybridized carbons (Fsp3) is 0.600. The molecule has 1 saturated carbocycles. The number of nitrogens with zero attached hydrogens (tertiary/aromatic N) is 2. The normalized spacial score (nSPS) is 19.0. The van der Waals surface area contributed by atoms with Crippen molar-refractivity contribution < 1.29 is 9.90 Å². The molecular formula is C20H27N3O2. The summed E-state index contributed by atoms with van der Waals surface area (Å²) in [5.41, 5.74) is 2.15. The van der Waals surface area contributed by atoms with Gasteiger partial charge in [0, 0.05) is 25.2 Å². The number of amides is 1. The summed E-state index contributed by atoms with van der Waals surface area (Å²) >= 11 is 0. The van der Waals surface area contributed by atoms with Crippen LogP contribution in [-0.2, 0) is 4.79 Å². The van der Waals surface area contributed by atoms with Gasteiger partial charge in [-0.1, -0.05) is 25.7 Å². The second kappa shape index (κ2) is 8.35. The lowest BCUT2D eigenvalue weighted by molar-refractivity contribution is -0.116. The second-order valence-corrected chi connectivity index (χ2v) is 7.30. The van der Waals surface area contributed by atoms with Crippen molar-refractivity contribution in [2.75, 3.05) is 23.3 Å². The van der Waals surface area contributed by atoms with Gasteiger partial charge >= 0.3 is 0 Å². The maximum atomic E-state index is 12.2. The fourth-order valence-electron chi connectivity index (χ4n) is 3.94. The molecule has 2 fully saturated rings. The number of benzene rings is 1. The van der Waals surface area contributed by atoms with Crippen molar-refractivity contribution in [1.29, 1.82) is 5.26 Å². The molecule has 134 valence electrons. The first-order chi connectivity index (χ1) is 12.2. The van der Waals surface area contributed by atoms with E-state index < -0.39 is 0 Å². The third-order valence-corrected chi connectivity index (χ3v) is 5.46. The number of nitrogens with one attached hydrogen (secondary N) is 1. The molecule has 25 heavy (non-hydrogen) atoms. The van der Waals surface area contributed by atoms with Gasteiger partial charge in [-0.15, -0.1) is 0 Å². The van der Waals surface area contributed by atoms with Gasteiger partial charge in [-0.2, -0.15) is 5.26 Å². The summed E-state index contributed by atoms with van der Waals surface area (Å²) in [6.07, 6.45) is 7.84. The fourth-order valence-corrected chi connectivity index (χ4v) is 3.94. The number of nitriles is 1. The Kier molecular flexibility index (Phi) is 5.93. The zero-order chi connectivity index (χ0) is 17.6. The molecule has 2 N–H and O–H groups in total. The number of aliphatic hydroxyl groups is 1. The monoisotopic (exact) mass is 341 g/mol. The highest BCUT2D eigenvalue weighted by molar-refractivity contribution is 5.91. The van der Waals surface area contributed by atoms with E-state index in [1.807, 2.05) is 12.1 Å². The van der Waals surface area contributed by atoms with Crippen LogP contribution in [0, 0.1) is 17.2 Å². The van der Waals surface area contributed by atoms with Crippen LogP contribution >= 0.6 is 0 Å². The van der Waals surface area contributed by atoms with Gasteiger partial charge in [-0.25, -0.2) is 0 Å². The zero-order valence-electron chi connectivity index (χ0n) is 14.7. The SMILES string of the molecule is N#Cc1cc(NC(=O)CCC2CCCC2)ccc1N1CCC(O)CC1. The average molecular weight is 341 g/mol. The van der Waals surface area contributed by atoms with Crippen LogP contribution in [0.3, 0.4) is 0 Å². The van der Waals surface area contributed by atoms with Crippen molar-refractivity contribution in [2.45, 2.75) is 57.5 Å². The lowest BCUT2D eigenvalue weighted by Gasteiger charge is -2.32. The van der Waals surface area contributed by atoms with Crippen molar-refractivity contribution >= 4 is 17.3 Å². The molecule has 1 aliphatic heterocycles. The molecule has 2 aliphatic rings. The van der Waals surface area contributed by atoms with E-state index in [9.17, 15) is 15.2 Å². The Morgan fingerprint density at radius 2 is 1.96 bits per heavy atom. The third kappa shape index (κ3) is 4.73. The Balaban J connectivity index is 1.59. The smallest absolute Gasteiger partial charge is 0.224 e. The van der Waals surface area contributed by atoms with E-state index in [4.69, 9.17) is 0 Å². The Morgan fingerprint density at radius 1 is 1.24 bits per heavy atom. The molecule has 0 atom stereocenters. The molecule has 1 saturated heterocycles. The van der Waals surface area contributed by atoms with Crippen molar-refractivity contribution in [3.05, 3.63) is 23.8 Å². The highest BCUT2D eigenvalue weighted by Crippen LogP contribution is 2.29. The van der Waals surface area contributed by atoms with E-state index >= 15 is 0 Å². The second-order valence-electron chi connectivity index (χ2n) is 7.30. The van der Waals surface area contributed by atoms with Crippen molar-refractivity contribution in [3.8, 4) is 6.07 Å². The van der Waals surface area contributed by atoms with Gasteiger partial charge < -0.3 is 15.3 Å². The summed E-state index contributed by atoms with van der Waals surface area (Å²) in [6, 6.07) is 7.77. The molecule has 0 aromatic heterocycles. The van der Waals surface area contributed by atoms with Crippen molar-refractivity contribution in [1.82, 2.24) is 0 Å². The summed E-state index contributed by atoms with van der Waals surface area (Å²) in [4.78, 5) is 14.3. The molecule has 1 aromatic carbocycles. The molecule has 0 spiro atoms. The number of aliphatic hydroxyl groups excluding tert-OH is 1. The summed E-state index contributed by atoms with van der Waals surface area (Å²) in [5, 5.41) is 22.0. The van der Waals surface area contributed by atoms with Crippen LogP contribution in [0.25, 0.3) is 0 Å². The van der Waals surface area contributed by atoms with E-state index in [2.05, 4.69) is 16.3 Å². The Morgan fingerprint density at radius 3 is 2.64 bits per heavy atom. The topological polar surface area (TPSA) is 76.4 Å². The number of carbonyl (C=O) groups excluding carboxylic acids is 1. The summed E-state index contributed by atoms with van der Waals surface area (Å²) in [7, 11) is 0. The van der Waals surface area contributed by atoms with Crippen LogP contribution in [0.4, 0.5) is 11.4 Å². The molecular weight excluding hydrogens is 314 g/mol. The molecule has 1 aliphatic carbocycles. The van der Waals surface area contributed by atoms with Gasteiger partial charge in [-0.3, -0.25) is 4.79 Å². The molecule has 3 rings (SSSR count). The van der Waals surface area contributed by atoms with Crippen LogP contribution in [-0.4, -0.2) is 30.2 Å². The highest BCUT2D eigenvalue weighted by Gasteiger charge is 2.20. The number of hydrogen-bond acceptors (Lipinski definition) is 4. The minimum Gasteiger partial charge on any atom is -0.393 e. The molecule has 1 heterocycles. The largest absolute Gasteiger partial charge is 0.393 e. The molecule has 0 unspecified atom stereocenters. The van der Waals surface area contributed by atoms with Gasteiger partial charge in [0.05, 0.1) is 17.4 Å².